The van der Waals surface area contributed by atoms with E-state index in [9.17, 15) is 4.79 Å². The molecule has 2 heterocycles. The molecule has 0 aliphatic carbocycles. The Bertz CT molecular complexity index is 753. The topological polar surface area (TPSA) is 67.8 Å². The molecule has 0 radical (unpaired) electrons. The van der Waals surface area contributed by atoms with Gasteiger partial charge in [0.15, 0.2) is 5.13 Å². The summed E-state index contributed by atoms with van der Waals surface area (Å²) in [6, 6.07) is 9.66. The normalized spacial score (nSPS) is 10.3. The van der Waals surface area contributed by atoms with Gasteiger partial charge in [-0.1, -0.05) is 29.8 Å². The molecule has 3 rings (SSSR count). The van der Waals surface area contributed by atoms with Crippen molar-refractivity contribution in [1.29, 1.82) is 0 Å². The minimum Gasteiger partial charge on any atom is -0.296 e. The predicted octanol–water partition coefficient (Wildman–Crippen LogP) is 3.16. The molecule has 0 bridgehead atoms. The van der Waals surface area contributed by atoms with E-state index in [0.29, 0.717) is 10.8 Å². The highest BCUT2D eigenvalue weighted by molar-refractivity contribution is 7.14. The van der Waals surface area contributed by atoms with Gasteiger partial charge in [-0.05, 0) is 13.0 Å². The van der Waals surface area contributed by atoms with Crippen LogP contribution in [0.5, 0.6) is 0 Å². The fraction of sp³-hybridized carbons (Fsp3) is 0.0667. The smallest absolute Gasteiger partial charge is 0.276 e. The Morgan fingerprint density at radius 3 is 2.71 bits per heavy atom. The van der Waals surface area contributed by atoms with Gasteiger partial charge < -0.3 is 0 Å². The summed E-state index contributed by atoms with van der Waals surface area (Å²) in [4.78, 5) is 24.1. The van der Waals surface area contributed by atoms with E-state index in [-0.39, 0.29) is 5.91 Å². The highest BCUT2D eigenvalue weighted by Gasteiger charge is 2.10. The number of anilines is 1. The molecule has 0 spiro atoms. The lowest BCUT2D eigenvalue weighted by Crippen LogP contribution is -2.13. The number of thiazole rings is 1. The first-order valence-corrected chi connectivity index (χ1v) is 7.20. The van der Waals surface area contributed by atoms with Crippen LogP contribution < -0.4 is 5.32 Å². The zero-order valence-corrected chi connectivity index (χ0v) is 12.1. The monoisotopic (exact) mass is 296 g/mol. The van der Waals surface area contributed by atoms with Crippen molar-refractivity contribution in [3.05, 3.63) is 59.5 Å². The van der Waals surface area contributed by atoms with Gasteiger partial charge in [0.1, 0.15) is 12.0 Å². The minimum absolute atomic E-state index is 0.290. The molecule has 5 nitrogen and oxygen atoms in total. The van der Waals surface area contributed by atoms with Crippen LogP contribution in [0.1, 0.15) is 16.1 Å². The molecule has 6 heteroatoms. The maximum absolute atomic E-state index is 12.0. The molecule has 0 saturated heterocycles. The molecule has 0 saturated carbocycles. The Kier molecular flexibility index (Phi) is 3.70. The molecule has 3 aromatic rings. The van der Waals surface area contributed by atoms with Crippen molar-refractivity contribution < 1.29 is 4.79 Å². The van der Waals surface area contributed by atoms with E-state index >= 15 is 0 Å². The Balaban J connectivity index is 1.76. The average Bonchev–Trinajstić information content (AvgIpc) is 2.97. The summed E-state index contributed by atoms with van der Waals surface area (Å²) >= 11 is 1.39. The molecular weight excluding hydrogens is 284 g/mol. The maximum atomic E-state index is 12.0. The number of nitrogens with one attached hydrogen (secondary N) is 1. The number of carbonyl (C=O) groups is 1. The second-order valence-corrected chi connectivity index (χ2v) is 5.31. The van der Waals surface area contributed by atoms with Crippen LogP contribution in [0.3, 0.4) is 0 Å². The van der Waals surface area contributed by atoms with Crippen molar-refractivity contribution in [2.24, 2.45) is 0 Å². The van der Waals surface area contributed by atoms with Crippen LogP contribution in [-0.2, 0) is 0 Å². The van der Waals surface area contributed by atoms with Crippen molar-refractivity contribution in [2.75, 3.05) is 5.32 Å². The number of benzene rings is 1. The van der Waals surface area contributed by atoms with Crippen molar-refractivity contribution in [3.63, 3.8) is 0 Å². The van der Waals surface area contributed by atoms with Gasteiger partial charge in [-0.3, -0.25) is 10.1 Å². The lowest BCUT2D eigenvalue weighted by molar-refractivity contribution is 0.102. The first kappa shape index (κ1) is 13.4. The quantitative estimate of drug-likeness (QED) is 0.806. The van der Waals surface area contributed by atoms with Crippen LogP contribution in [0, 0.1) is 6.92 Å². The van der Waals surface area contributed by atoms with Gasteiger partial charge in [0.2, 0.25) is 0 Å². The van der Waals surface area contributed by atoms with Crippen LogP contribution in [0.25, 0.3) is 11.3 Å². The van der Waals surface area contributed by atoms with Gasteiger partial charge in [-0.2, -0.15) is 0 Å². The number of aromatic nitrogens is 3. The fourth-order valence-corrected chi connectivity index (χ4v) is 2.49. The molecule has 1 aromatic carbocycles. The van der Waals surface area contributed by atoms with Gasteiger partial charge in [-0.15, -0.1) is 11.3 Å². The lowest BCUT2D eigenvalue weighted by atomic mass is 10.1. The second-order valence-electron chi connectivity index (χ2n) is 4.45. The second kappa shape index (κ2) is 5.80. The van der Waals surface area contributed by atoms with Gasteiger partial charge in [-0.25, -0.2) is 15.0 Å². The van der Waals surface area contributed by atoms with E-state index < -0.39 is 0 Å². The summed E-state index contributed by atoms with van der Waals surface area (Å²) in [7, 11) is 0. The summed E-state index contributed by atoms with van der Waals surface area (Å²) in [6.07, 6.45) is 2.87. The van der Waals surface area contributed by atoms with E-state index in [1.807, 2.05) is 36.6 Å². The summed E-state index contributed by atoms with van der Waals surface area (Å²) in [6.45, 7) is 2.04. The summed E-state index contributed by atoms with van der Waals surface area (Å²) in [5.74, 6) is -0.290. The standard InChI is InChI=1S/C15H12N4OS/c1-10-2-4-11(5-3-10)13-8-21-15(18-13)19-14(20)12-6-7-16-9-17-12/h2-9H,1H3,(H,18,19,20). The summed E-state index contributed by atoms with van der Waals surface area (Å²) < 4.78 is 0. The molecular formula is C15H12N4OS. The van der Waals surface area contributed by atoms with Crippen LogP contribution >= 0.6 is 11.3 Å². The van der Waals surface area contributed by atoms with Crippen LogP contribution in [0.15, 0.2) is 48.2 Å². The van der Waals surface area contributed by atoms with E-state index in [0.717, 1.165) is 11.3 Å². The Hall–Kier alpha value is -2.60. The first-order valence-electron chi connectivity index (χ1n) is 6.32. The number of amides is 1. The van der Waals surface area contributed by atoms with Crippen LogP contribution in [0.2, 0.25) is 0 Å². The zero-order chi connectivity index (χ0) is 14.7. The molecule has 104 valence electrons. The van der Waals surface area contributed by atoms with Gasteiger partial charge >= 0.3 is 0 Å². The predicted molar refractivity (Wildman–Crippen MR) is 82.3 cm³/mol. The fourth-order valence-electron chi connectivity index (χ4n) is 1.77. The van der Waals surface area contributed by atoms with E-state index in [1.54, 1.807) is 6.07 Å². The molecule has 0 unspecified atom stereocenters. The van der Waals surface area contributed by atoms with Gasteiger partial charge in [0, 0.05) is 17.1 Å². The lowest BCUT2D eigenvalue weighted by Gasteiger charge is -2.00. The molecule has 0 aliphatic rings. The number of carbonyl (C=O) groups excluding carboxylic acids is 1. The van der Waals surface area contributed by atoms with Crippen LogP contribution in [-0.4, -0.2) is 20.9 Å². The van der Waals surface area contributed by atoms with Crippen molar-refractivity contribution in [1.82, 2.24) is 15.0 Å². The number of hydrogen-bond acceptors (Lipinski definition) is 5. The van der Waals surface area contributed by atoms with Crippen LogP contribution in [0.4, 0.5) is 5.13 Å². The summed E-state index contributed by atoms with van der Waals surface area (Å²) in [5.41, 5.74) is 3.39. The average molecular weight is 296 g/mol. The molecule has 0 atom stereocenters. The molecule has 1 amide bonds. The van der Waals surface area contributed by atoms with Crippen molar-refractivity contribution in [3.8, 4) is 11.3 Å². The first-order chi connectivity index (χ1) is 10.2. The Morgan fingerprint density at radius 2 is 2.00 bits per heavy atom. The van der Waals surface area contributed by atoms with Crippen molar-refractivity contribution in [2.45, 2.75) is 6.92 Å². The third kappa shape index (κ3) is 3.11. The molecule has 0 fully saturated rings. The molecule has 21 heavy (non-hydrogen) atoms. The molecule has 0 aliphatic heterocycles. The Labute approximate surface area is 125 Å². The third-order valence-corrected chi connectivity index (χ3v) is 3.64. The zero-order valence-electron chi connectivity index (χ0n) is 11.3. The maximum Gasteiger partial charge on any atom is 0.276 e. The van der Waals surface area contributed by atoms with E-state index in [4.69, 9.17) is 0 Å². The number of nitrogens with zero attached hydrogens (tertiary/aromatic N) is 3. The van der Waals surface area contributed by atoms with E-state index in [1.165, 1.54) is 29.4 Å². The molecule has 1 N–H and O–H groups in total. The summed E-state index contributed by atoms with van der Waals surface area (Å²) in [5, 5.41) is 5.21. The number of hydrogen-bond donors (Lipinski definition) is 1. The van der Waals surface area contributed by atoms with E-state index in [2.05, 4.69) is 20.3 Å². The SMILES string of the molecule is Cc1ccc(-c2csc(NC(=O)c3ccncn3)n2)cc1. The molecule has 2 aromatic heterocycles. The highest BCUT2D eigenvalue weighted by atomic mass is 32.1. The third-order valence-electron chi connectivity index (χ3n) is 2.89. The largest absolute Gasteiger partial charge is 0.296 e. The highest BCUT2D eigenvalue weighted by Crippen LogP contribution is 2.25. The number of aryl methyl sites for hydroxylation is 1. The van der Waals surface area contributed by atoms with Gasteiger partial charge in [0.05, 0.1) is 5.69 Å². The minimum atomic E-state index is -0.290. The van der Waals surface area contributed by atoms with Crippen molar-refractivity contribution >= 4 is 22.4 Å². The number of rotatable bonds is 3. The Morgan fingerprint density at radius 1 is 1.19 bits per heavy atom. The van der Waals surface area contributed by atoms with Gasteiger partial charge in [0.25, 0.3) is 5.91 Å².